The Kier molecular flexibility index (Phi) is 4.99. The number of imidazole rings is 1. The van der Waals surface area contributed by atoms with Crippen LogP contribution in [0.25, 0.3) is 11.0 Å². The molecule has 0 aliphatic heterocycles. The normalized spacial score (nSPS) is 12.4. The summed E-state index contributed by atoms with van der Waals surface area (Å²) in [5, 5.41) is 19.9. The number of anilines is 1. The first kappa shape index (κ1) is 19.6. The second kappa shape index (κ2) is 7.63. The van der Waals surface area contributed by atoms with Crippen LogP contribution in [0.5, 0.6) is 0 Å². The third-order valence-electron chi connectivity index (χ3n) is 4.80. The van der Waals surface area contributed by atoms with E-state index in [2.05, 4.69) is 15.8 Å². The van der Waals surface area contributed by atoms with E-state index in [1.165, 1.54) is 12.1 Å². The van der Waals surface area contributed by atoms with Gasteiger partial charge in [0.05, 0.1) is 33.2 Å². The molecule has 1 heterocycles. The molecule has 4 rings (SSSR count). The Hall–Kier alpha value is -3.67. The second-order valence-electron chi connectivity index (χ2n) is 6.79. The highest BCUT2D eigenvalue weighted by molar-refractivity contribution is 7.92. The van der Waals surface area contributed by atoms with E-state index in [-0.39, 0.29) is 4.90 Å². The van der Waals surface area contributed by atoms with Gasteiger partial charge in [0.2, 0.25) is 0 Å². The molecule has 150 valence electrons. The van der Waals surface area contributed by atoms with E-state index < -0.39 is 16.1 Å². The third kappa shape index (κ3) is 3.64. The molecule has 2 N–H and O–H groups in total. The lowest BCUT2D eigenvalue weighted by molar-refractivity contribution is 0.207. The van der Waals surface area contributed by atoms with Crippen LogP contribution >= 0.6 is 0 Å². The molecule has 0 bridgehead atoms. The molecule has 3 aromatic carbocycles. The quantitative estimate of drug-likeness (QED) is 0.517. The molecule has 1 atom stereocenters. The summed E-state index contributed by atoms with van der Waals surface area (Å²) in [6.45, 7) is 0. The van der Waals surface area contributed by atoms with E-state index in [0.29, 0.717) is 28.2 Å². The first-order valence-electron chi connectivity index (χ1n) is 9.11. The fraction of sp³-hybridized carbons (Fsp3) is 0.0909. The smallest absolute Gasteiger partial charge is 0.261 e. The first-order chi connectivity index (χ1) is 14.4. The van der Waals surface area contributed by atoms with E-state index in [1.807, 2.05) is 0 Å². The first-order valence-corrected chi connectivity index (χ1v) is 10.6. The van der Waals surface area contributed by atoms with Crippen LogP contribution in [0.3, 0.4) is 0 Å². The largest absolute Gasteiger partial charge is 0.380 e. The number of nitriles is 1. The van der Waals surface area contributed by atoms with Crippen molar-refractivity contribution in [1.29, 1.82) is 5.26 Å². The zero-order valence-electron chi connectivity index (χ0n) is 16.0. The average Bonchev–Trinajstić information content (AvgIpc) is 3.09. The zero-order valence-corrected chi connectivity index (χ0v) is 16.8. The van der Waals surface area contributed by atoms with Crippen molar-refractivity contribution in [1.82, 2.24) is 9.55 Å². The van der Waals surface area contributed by atoms with Gasteiger partial charge < -0.3 is 9.67 Å². The van der Waals surface area contributed by atoms with Crippen molar-refractivity contribution in [3.8, 4) is 6.07 Å². The number of rotatable bonds is 5. The Labute approximate surface area is 173 Å². The number of hydrogen-bond acceptors (Lipinski definition) is 5. The van der Waals surface area contributed by atoms with Crippen molar-refractivity contribution < 1.29 is 13.5 Å². The minimum atomic E-state index is -3.72. The SMILES string of the molecule is Cn1c(C(O)c2cccc(C#N)c2)nc2cc(NS(=O)(=O)c3ccccc3)ccc21. The maximum atomic E-state index is 12.6. The van der Waals surface area contributed by atoms with Crippen LogP contribution in [0, 0.1) is 11.3 Å². The van der Waals surface area contributed by atoms with Gasteiger partial charge in [0.1, 0.15) is 11.9 Å². The number of aryl methyl sites for hydroxylation is 1. The molecular formula is C22H18N4O3S. The summed E-state index contributed by atoms with van der Waals surface area (Å²) in [5.41, 5.74) is 2.65. The van der Waals surface area contributed by atoms with Gasteiger partial charge in [-0.3, -0.25) is 4.72 Å². The number of sulfonamides is 1. The molecule has 1 unspecified atom stereocenters. The van der Waals surface area contributed by atoms with Crippen molar-refractivity contribution in [2.24, 2.45) is 7.05 Å². The summed E-state index contributed by atoms with van der Waals surface area (Å²) in [4.78, 5) is 4.67. The van der Waals surface area contributed by atoms with Gasteiger partial charge in [-0.05, 0) is 48.0 Å². The summed E-state index contributed by atoms with van der Waals surface area (Å²) in [6.07, 6.45) is -1.03. The molecule has 30 heavy (non-hydrogen) atoms. The van der Waals surface area contributed by atoms with E-state index in [0.717, 1.165) is 5.52 Å². The number of hydrogen-bond donors (Lipinski definition) is 2. The van der Waals surface area contributed by atoms with Crippen LogP contribution in [0.1, 0.15) is 23.1 Å². The van der Waals surface area contributed by atoms with Gasteiger partial charge >= 0.3 is 0 Å². The molecule has 0 saturated carbocycles. The van der Waals surface area contributed by atoms with Crippen molar-refractivity contribution in [2.45, 2.75) is 11.0 Å². The van der Waals surface area contributed by atoms with E-state index in [4.69, 9.17) is 5.26 Å². The standard InChI is InChI=1S/C22H18N4O3S/c1-26-20-11-10-17(25-30(28,29)18-8-3-2-4-9-18)13-19(20)24-22(26)21(27)16-7-5-6-15(12-16)14-23/h2-13,21,25,27H,1H3. The van der Waals surface area contributed by atoms with Crippen LogP contribution < -0.4 is 4.72 Å². The molecule has 0 spiro atoms. The number of benzene rings is 3. The van der Waals surface area contributed by atoms with Crippen LogP contribution in [0.15, 0.2) is 77.7 Å². The van der Waals surface area contributed by atoms with Gasteiger partial charge in [-0.15, -0.1) is 0 Å². The highest BCUT2D eigenvalue weighted by Crippen LogP contribution is 2.27. The number of aromatic nitrogens is 2. The molecule has 0 saturated heterocycles. The predicted octanol–water partition coefficient (Wildman–Crippen LogP) is 3.33. The highest BCUT2D eigenvalue weighted by atomic mass is 32.2. The summed E-state index contributed by atoms with van der Waals surface area (Å²) >= 11 is 0. The summed E-state index contributed by atoms with van der Waals surface area (Å²) in [6, 6.07) is 21.9. The Morgan fingerprint density at radius 1 is 1.07 bits per heavy atom. The summed E-state index contributed by atoms with van der Waals surface area (Å²) in [7, 11) is -1.94. The van der Waals surface area contributed by atoms with Gasteiger partial charge in [-0.25, -0.2) is 13.4 Å². The number of nitrogens with one attached hydrogen (secondary N) is 1. The minimum absolute atomic E-state index is 0.166. The van der Waals surface area contributed by atoms with Crippen LogP contribution in [-0.4, -0.2) is 23.1 Å². The molecule has 4 aromatic rings. The maximum absolute atomic E-state index is 12.6. The van der Waals surface area contributed by atoms with Crippen LogP contribution in [0.4, 0.5) is 5.69 Å². The van der Waals surface area contributed by atoms with Crippen molar-refractivity contribution in [2.75, 3.05) is 4.72 Å². The van der Waals surface area contributed by atoms with E-state index >= 15 is 0 Å². The van der Waals surface area contributed by atoms with Crippen molar-refractivity contribution >= 4 is 26.7 Å². The van der Waals surface area contributed by atoms with Gasteiger partial charge in [0.25, 0.3) is 10.0 Å². The number of aliphatic hydroxyl groups is 1. The topological polar surface area (TPSA) is 108 Å². The molecule has 8 heteroatoms. The average molecular weight is 418 g/mol. The van der Waals surface area contributed by atoms with Crippen LogP contribution in [0.2, 0.25) is 0 Å². The zero-order chi connectivity index (χ0) is 21.3. The Morgan fingerprint density at radius 2 is 1.83 bits per heavy atom. The summed E-state index contributed by atoms with van der Waals surface area (Å²) < 4.78 is 29.4. The molecule has 0 aliphatic rings. The van der Waals surface area contributed by atoms with E-state index in [1.54, 1.807) is 72.3 Å². The number of nitrogens with zero attached hydrogens (tertiary/aromatic N) is 3. The molecule has 0 fully saturated rings. The van der Waals surface area contributed by atoms with Gasteiger partial charge in [0, 0.05) is 7.05 Å². The lowest BCUT2D eigenvalue weighted by Gasteiger charge is -2.11. The molecule has 0 radical (unpaired) electrons. The van der Waals surface area contributed by atoms with Crippen LogP contribution in [-0.2, 0) is 17.1 Å². The van der Waals surface area contributed by atoms with E-state index in [9.17, 15) is 13.5 Å². The number of aliphatic hydroxyl groups excluding tert-OH is 1. The van der Waals surface area contributed by atoms with Gasteiger partial charge in [0.15, 0.2) is 0 Å². The predicted molar refractivity (Wildman–Crippen MR) is 113 cm³/mol. The van der Waals surface area contributed by atoms with Crippen molar-refractivity contribution in [3.05, 3.63) is 89.7 Å². The molecule has 7 nitrogen and oxygen atoms in total. The fourth-order valence-electron chi connectivity index (χ4n) is 3.27. The Morgan fingerprint density at radius 3 is 2.57 bits per heavy atom. The van der Waals surface area contributed by atoms with Gasteiger partial charge in [-0.1, -0.05) is 30.3 Å². The summed E-state index contributed by atoms with van der Waals surface area (Å²) in [5.74, 6) is 0.392. The van der Waals surface area contributed by atoms with Gasteiger partial charge in [-0.2, -0.15) is 5.26 Å². The number of fused-ring (bicyclic) bond motifs is 1. The molecule has 1 aromatic heterocycles. The lowest BCUT2D eigenvalue weighted by atomic mass is 10.1. The highest BCUT2D eigenvalue weighted by Gasteiger charge is 2.20. The monoisotopic (exact) mass is 418 g/mol. The Balaban J connectivity index is 1.69. The van der Waals surface area contributed by atoms with Crippen molar-refractivity contribution in [3.63, 3.8) is 0 Å². The fourth-order valence-corrected chi connectivity index (χ4v) is 4.34. The molecular weight excluding hydrogens is 400 g/mol. The molecule has 0 aliphatic carbocycles. The minimum Gasteiger partial charge on any atom is -0.380 e. The lowest BCUT2D eigenvalue weighted by Crippen LogP contribution is -2.12. The molecule has 0 amide bonds. The Bertz CT molecular complexity index is 1370. The third-order valence-corrected chi connectivity index (χ3v) is 6.19. The maximum Gasteiger partial charge on any atom is 0.261 e. The second-order valence-corrected chi connectivity index (χ2v) is 8.47.